The molecule has 0 spiro atoms. The van der Waals surface area contributed by atoms with Crippen LogP contribution in [0.3, 0.4) is 0 Å². The molecule has 16 heavy (non-hydrogen) atoms. The summed E-state index contributed by atoms with van der Waals surface area (Å²) in [5.74, 6) is 6.54. The van der Waals surface area contributed by atoms with Crippen LogP contribution in [0.25, 0.3) is 0 Å². The molecule has 2 aromatic rings. The van der Waals surface area contributed by atoms with Crippen molar-refractivity contribution < 1.29 is 0 Å². The maximum absolute atomic E-state index is 5.25. The van der Waals surface area contributed by atoms with Crippen LogP contribution >= 0.6 is 0 Å². The molecule has 2 heterocycles. The summed E-state index contributed by atoms with van der Waals surface area (Å²) in [4.78, 5) is 7.98. The lowest BCUT2D eigenvalue weighted by Crippen LogP contribution is -2.09. The predicted octanol–water partition coefficient (Wildman–Crippen LogP) is 0.108. The van der Waals surface area contributed by atoms with Crippen molar-refractivity contribution in [2.75, 3.05) is 10.7 Å². The van der Waals surface area contributed by atoms with Crippen molar-refractivity contribution in [3.63, 3.8) is 0 Å². The fraction of sp³-hybridized carbons (Fsp3) is 0.222. The molecule has 0 aliphatic heterocycles. The Morgan fingerprint density at radius 3 is 2.88 bits per heavy atom. The van der Waals surface area contributed by atoms with E-state index in [-0.39, 0.29) is 0 Å². The molecule has 0 fully saturated rings. The summed E-state index contributed by atoms with van der Waals surface area (Å²) in [6.07, 6.45) is 5.19. The van der Waals surface area contributed by atoms with Crippen LogP contribution in [-0.4, -0.2) is 19.7 Å². The van der Waals surface area contributed by atoms with E-state index in [9.17, 15) is 0 Å². The van der Waals surface area contributed by atoms with Gasteiger partial charge in [0.2, 0.25) is 0 Å². The van der Waals surface area contributed by atoms with Gasteiger partial charge >= 0.3 is 0 Å². The van der Waals surface area contributed by atoms with Gasteiger partial charge in [-0.2, -0.15) is 5.10 Å². The minimum absolute atomic E-state index is 0.573. The van der Waals surface area contributed by atoms with Crippen LogP contribution in [-0.2, 0) is 13.6 Å². The summed E-state index contributed by atoms with van der Waals surface area (Å²) in [5.41, 5.74) is 3.55. The van der Waals surface area contributed by atoms with Gasteiger partial charge in [0.05, 0.1) is 6.20 Å². The molecule has 0 atom stereocenters. The number of nitrogens with one attached hydrogen (secondary N) is 2. The van der Waals surface area contributed by atoms with Crippen molar-refractivity contribution in [3.05, 3.63) is 30.4 Å². The Balaban J connectivity index is 1.99. The topological polar surface area (TPSA) is 93.7 Å². The van der Waals surface area contributed by atoms with Crippen LogP contribution < -0.4 is 16.6 Å². The number of hydrogen-bond donors (Lipinski definition) is 3. The third-order valence-electron chi connectivity index (χ3n) is 2.05. The first-order chi connectivity index (χ1) is 7.78. The van der Waals surface area contributed by atoms with Crippen molar-refractivity contribution in [2.45, 2.75) is 6.54 Å². The molecule has 7 heteroatoms. The first kappa shape index (κ1) is 10.4. The Bertz CT molecular complexity index is 464. The van der Waals surface area contributed by atoms with Gasteiger partial charge in [0, 0.05) is 31.4 Å². The van der Waals surface area contributed by atoms with Crippen LogP contribution in [0.4, 0.5) is 11.6 Å². The highest BCUT2D eigenvalue weighted by molar-refractivity contribution is 5.45. The number of aryl methyl sites for hydroxylation is 1. The molecular formula is C9H13N7. The van der Waals surface area contributed by atoms with Crippen LogP contribution in [0, 0.1) is 0 Å². The molecule has 2 aromatic heterocycles. The Kier molecular flexibility index (Phi) is 2.97. The Morgan fingerprint density at radius 2 is 2.19 bits per heavy atom. The molecule has 0 amide bonds. The number of hydrogen-bond acceptors (Lipinski definition) is 6. The first-order valence-corrected chi connectivity index (χ1v) is 4.78. The molecular weight excluding hydrogens is 206 g/mol. The zero-order valence-electron chi connectivity index (χ0n) is 8.88. The molecule has 7 nitrogen and oxygen atoms in total. The van der Waals surface area contributed by atoms with Gasteiger partial charge in [0.25, 0.3) is 0 Å². The zero-order valence-corrected chi connectivity index (χ0v) is 8.88. The number of aromatic nitrogens is 4. The quantitative estimate of drug-likeness (QED) is 0.499. The molecule has 0 bridgehead atoms. The van der Waals surface area contributed by atoms with Crippen molar-refractivity contribution in [2.24, 2.45) is 12.9 Å². The summed E-state index contributed by atoms with van der Waals surface area (Å²) in [6.45, 7) is 0.662. The third-order valence-corrected chi connectivity index (χ3v) is 2.05. The van der Waals surface area contributed by atoms with Crippen molar-refractivity contribution >= 4 is 11.6 Å². The van der Waals surface area contributed by atoms with Gasteiger partial charge in [-0.05, 0) is 0 Å². The van der Waals surface area contributed by atoms with E-state index in [0.29, 0.717) is 18.2 Å². The average molecular weight is 219 g/mol. The SMILES string of the molecule is Cn1cc(CNc2cc(NN)ncn2)cn1. The number of anilines is 2. The summed E-state index contributed by atoms with van der Waals surface area (Å²) in [6, 6.07) is 1.73. The summed E-state index contributed by atoms with van der Waals surface area (Å²) in [7, 11) is 1.88. The number of nitrogen functional groups attached to an aromatic ring is 1. The van der Waals surface area contributed by atoms with E-state index in [4.69, 9.17) is 5.84 Å². The summed E-state index contributed by atoms with van der Waals surface area (Å²) >= 11 is 0. The standard InChI is InChI=1S/C9H13N7/c1-16-5-7(4-14-16)3-11-8-2-9(15-10)13-6-12-8/h2,4-6H,3,10H2,1H3,(H2,11,12,13,15). The van der Waals surface area contributed by atoms with Gasteiger partial charge in [-0.3, -0.25) is 4.68 Å². The van der Waals surface area contributed by atoms with E-state index in [2.05, 4.69) is 25.8 Å². The van der Waals surface area contributed by atoms with Gasteiger partial charge in [-0.1, -0.05) is 0 Å². The molecule has 0 saturated heterocycles. The van der Waals surface area contributed by atoms with Crippen LogP contribution in [0.5, 0.6) is 0 Å². The maximum Gasteiger partial charge on any atom is 0.145 e. The van der Waals surface area contributed by atoms with Crippen LogP contribution in [0.2, 0.25) is 0 Å². The van der Waals surface area contributed by atoms with Crippen molar-refractivity contribution in [3.8, 4) is 0 Å². The Hall–Kier alpha value is -2.15. The molecule has 4 N–H and O–H groups in total. The molecule has 0 aliphatic rings. The van der Waals surface area contributed by atoms with E-state index in [1.54, 1.807) is 16.9 Å². The number of hydrazine groups is 1. The lowest BCUT2D eigenvalue weighted by atomic mass is 10.3. The summed E-state index contributed by atoms with van der Waals surface area (Å²) < 4.78 is 1.75. The van der Waals surface area contributed by atoms with Crippen LogP contribution in [0.1, 0.15) is 5.56 Å². The van der Waals surface area contributed by atoms with E-state index in [1.165, 1.54) is 6.33 Å². The predicted molar refractivity (Wildman–Crippen MR) is 60.4 cm³/mol. The average Bonchev–Trinajstić information content (AvgIpc) is 2.73. The van der Waals surface area contributed by atoms with Crippen molar-refractivity contribution in [1.29, 1.82) is 0 Å². The van der Waals surface area contributed by atoms with E-state index in [1.807, 2.05) is 13.2 Å². The fourth-order valence-electron chi connectivity index (χ4n) is 1.29. The smallest absolute Gasteiger partial charge is 0.145 e. The minimum Gasteiger partial charge on any atom is -0.366 e. The lowest BCUT2D eigenvalue weighted by molar-refractivity contribution is 0.767. The first-order valence-electron chi connectivity index (χ1n) is 4.78. The molecule has 0 aromatic carbocycles. The van der Waals surface area contributed by atoms with Gasteiger partial charge < -0.3 is 10.7 Å². The van der Waals surface area contributed by atoms with Crippen molar-refractivity contribution in [1.82, 2.24) is 19.7 Å². The van der Waals surface area contributed by atoms with Gasteiger partial charge in [0.1, 0.15) is 18.0 Å². The lowest BCUT2D eigenvalue weighted by Gasteiger charge is -2.04. The summed E-state index contributed by atoms with van der Waals surface area (Å²) in [5, 5.41) is 7.22. The second-order valence-corrected chi connectivity index (χ2v) is 3.31. The molecule has 0 saturated carbocycles. The third kappa shape index (κ3) is 2.45. The Morgan fingerprint density at radius 1 is 1.38 bits per heavy atom. The molecule has 2 rings (SSSR count). The minimum atomic E-state index is 0.573. The Labute approximate surface area is 92.7 Å². The normalized spacial score (nSPS) is 10.1. The molecule has 84 valence electrons. The van der Waals surface area contributed by atoms with Gasteiger partial charge in [-0.15, -0.1) is 0 Å². The number of nitrogens with two attached hydrogens (primary N) is 1. The van der Waals surface area contributed by atoms with Crippen LogP contribution in [0.15, 0.2) is 24.8 Å². The number of nitrogens with zero attached hydrogens (tertiary/aromatic N) is 4. The highest BCUT2D eigenvalue weighted by atomic mass is 15.3. The van der Waals surface area contributed by atoms with Gasteiger partial charge in [0.15, 0.2) is 0 Å². The fourth-order valence-corrected chi connectivity index (χ4v) is 1.29. The van der Waals surface area contributed by atoms with E-state index < -0.39 is 0 Å². The largest absolute Gasteiger partial charge is 0.366 e. The van der Waals surface area contributed by atoms with E-state index >= 15 is 0 Å². The molecule has 0 unspecified atom stereocenters. The second kappa shape index (κ2) is 4.58. The zero-order chi connectivity index (χ0) is 11.4. The molecule has 0 aliphatic carbocycles. The van der Waals surface area contributed by atoms with E-state index in [0.717, 1.165) is 5.56 Å². The number of rotatable bonds is 4. The second-order valence-electron chi connectivity index (χ2n) is 3.31. The maximum atomic E-state index is 5.25. The highest BCUT2D eigenvalue weighted by Crippen LogP contribution is 2.08. The monoisotopic (exact) mass is 219 g/mol. The van der Waals surface area contributed by atoms with Gasteiger partial charge in [-0.25, -0.2) is 15.8 Å². The molecule has 0 radical (unpaired) electrons. The highest BCUT2D eigenvalue weighted by Gasteiger charge is 1.99.